The molecule has 2 aromatic carbocycles. The Morgan fingerprint density at radius 3 is 2.30 bits per heavy atom. The number of rotatable bonds is 5. The molecule has 1 aliphatic rings. The second kappa shape index (κ2) is 9.16. The molecule has 1 saturated heterocycles. The van der Waals surface area contributed by atoms with Gasteiger partial charge in [0.25, 0.3) is 5.91 Å². The summed E-state index contributed by atoms with van der Waals surface area (Å²) < 4.78 is 0. The van der Waals surface area contributed by atoms with Crippen LogP contribution >= 0.6 is 0 Å². The van der Waals surface area contributed by atoms with Crippen molar-refractivity contribution in [3.63, 3.8) is 0 Å². The van der Waals surface area contributed by atoms with Gasteiger partial charge in [-0.15, -0.1) is 0 Å². The molecule has 4 nitrogen and oxygen atoms in total. The Morgan fingerprint density at radius 1 is 0.926 bits per heavy atom. The average molecular weight is 366 g/mol. The zero-order valence-electron chi connectivity index (χ0n) is 16.8. The smallest absolute Gasteiger partial charge is 0.251 e. The van der Waals surface area contributed by atoms with Crippen molar-refractivity contribution < 1.29 is 4.79 Å². The van der Waals surface area contributed by atoms with Crippen LogP contribution in [0.15, 0.2) is 42.5 Å². The van der Waals surface area contributed by atoms with Gasteiger partial charge in [-0.3, -0.25) is 9.69 Å². The Balaban J connectivity index is 1.52. The van der Waals surface area contributed by atoms with Crippen molar-refractivity contribution >= 4 is 5.91 Å². The molecular weight excluding hydrogens is 334 g/mol. The lowest BCUT2D eigenvalue weighted by atomic mass is 10.1. The predicted molar refractivity (Wildman–Crippen MR) is 111 cm³/mol. The fourth-order valence-corrected chi connectivity index (χ4v) is 3.67. The van der Waals surface area contributed by atoms with Gasteiger partial charge >= 0.3 is 0 Å². The molecule has 1 amide bonds. The van der Waals surface area contributed by atoms with Gasteiger partial charge in [0, 0.05) is 31.7 Å². The molecule has 3 rings (SSSR count). The van der Waals surface area contributed by atoms with E-state index < -0.39 is 0 Å². The number of hydrogen-bond acceptors (Lipinski definition) is 3. The van der Waals surface area contributed by atoms with E-state index >= 15 is 0 Å². The van der Waals surface area contributed by atoms with Crippen LogP contribution in [0.25, 0.3) is 0 Å². The molecule has 0 aromatic heterocycles. The molecule has 1 aliphatic heterocycles. The summed E-state index contributed by atoms with van der Waals surface area (Å²) in [6.45, 7) is 10.2. The van der Waals surface area contributed by atoms with E-state index in [1.165, 1.54) is 18.5 Å². The number of aryl methyl sites for hydroxylation is 2. The summed E-state index contributed by atoms with van der Waals surface area (Å²) in [6.07, 6.45) is 1.24. The number of nitrogens with zero attached hydrogens (tertiary/aromatic N) is 2. The quantitative estimate of drug-likeness (QED) is 0.882. The summed E-state index contributed by atoms with van der Waals surface area (Å²) in [5.74, 6) is -0.0143. The fraction of sp³-hybridized carbons (Fsp3) is 0.435. The first-order valence-electron chi connectivity index (χ1n) is 9.85. The minimum absolute atomic E-state index is 0.0143. The second-order valence-corrected chi connectivity index (χ2v) is 7.81. The van der Waals surface area contributed by atoms with Gasteiger partial charge < -0.3 is 10.2 Å². The number of hydrogen-bond donors (Lipinski definition) is 1. The summed E-state index contributed by atoms with van der Waals surface area (Å²) in [5, 5.41) is 3.03. The highest BCUT2D eigenvalue weighted by Gasteiger charge is 2.12. The van der Waals surface area contributed by atoms with Gasteiger partial charge in [0.1, 0.15) is 0 Å². The number of carbonyl (C=O) groups is 1. The lowest BCUT2D eigenvalue weighted by molar-refractivity contribution is 0.0950. The van der Waals surface area contributed by atoms with Crippen molar-refractivity contribution in [2.45, 2.75) is 33.4 Å². The van der Waals surface area contributed by atoms with E-state index in [2.05, 4.69) is 52.5 Å². The van der Waals surface area contributed by atoms with Crippen LogP contribution in [0.1, 0.15) is 39.0 Å². The molecule has 0 spiro atoms. The third kappa shape index (κ3) is 5.91. The predicted octanol–water partition coefficient (Wildman–Crippen LogP) is 3.37. The van der Waals surface area contributed by atoms with Gasteiger partial charge in [0.15, 0.2) is 0 Å². The van der Waals surface area contributed by atoms with Crippen molar-refractivity contribution in [2.75, 3.05) is 33.2 Å². The van der Waals surface area contributed by atoms with Crippen LogP contribution in [-0.4, -0.2) is 48.9 Å². The Hall–Kier alpha value is -2.17. The van der Waals surface area contributed by atoms with Crippen molar-refractivity contribution in [3.05, 3.63) is 70.3 Å². The van der Waals surface area contributed by atoms with Gasteiger partial charge in [-0.1, -0.05) is 41.5 Å². The molecule has 144 valence electrons. The van der Waals surface area contributed by atoms with Crippen molar-refractivity contribution in [2.24, 2.45) is 0 Å². The Bertz CT molecular complexity index is 749. The van der Waals surface area contributed by atoms with Crippen molar-refractivity contribution in [1.82, 2.24) is 15.1 Å². The second-order valence-electron chi connectivity index (χ2n) is 7.81. The largest absolute Gasteiger partial charge is 0.348 e. The van der Waals surface area contributed by atoms with Gasteiger partial charge in [0.05, 0.1) is 0 Å². The highest BCUT2D eigenvalue weighted by atomic mass is 16.1. The summed E-state index contributed by atoms with van der Waals surface area (Å²) in [5.41, 5.74) is 5.43. The van der Waals surface area contributed by atoms with E-state index in [0.29, 0.717) is 6.54 Å². The van der Waals surface area contributed by atoms with E-state index in [9.17, 15) is 4.79 Å². The van der Waals surface area contributed by atoms with Crippen LogP contribution in [0.5, 0.6) is 0 Å². The van der Waals surface area contributed by atoms with Crippen LogP contribution in [0.4, 0.5) is 0 Å². The summed E-state index contributed by atoms with van der Waals surface area (Å²) >= 11 is 0. The van der Waals surface area contributed by atoms with Crippen LogP contribution in [0.3, 0.4) is 0 Å². The van der Waals surface area contributed by atoms with Crippen molar-refractivity contribution in [3.8, 4) is 0 Å². The molecule has 1 fully saturated rings. The highest BCUT2D eigenvalue weighted by molar-refractivity contribution is 5.94. The van der Waals surface area contributed by atoms with E-state index in [1.54, 1.807) is 0 Å². The maximum absolute atomic E-state index is 12.4. The zero-order chi connectivity index (χ0) is 19.2. The molecule has 1 N–H and O–H groups in total. The van der Waals surface area contributed by atoms with Gasteiger partial charge in [-0.05, 0) is 63.7 Å². The molecule has 0 unspecified atom stereocenters. The first-order chi connectivity index (χ1) is 13.0. The Labute approximate surface area is 163 Å². The molecule has 0 aliphatic carbocycles. The number of benzene rings is 2. The molecule has 0 saturated carbocycles. The fourth-order valence-electron chi connectivity index (χ4n) is 3.67. The lowest BCUT2D eigenvalue weighted by Crippen LogP contribution is -2.28. The average Bonchev–Trinajstić information content (AvgIpc) is 2.84. The maximum Gasteiger partial charge on any atom is 0.251 e. The summed E-state index contributed by atoms with van der Waals surface area (Å²) in [4.78, 5) is 17.3. The van der Waals surface area contributed by atoms with E-state index in [-0.39, 0.29) is 5.91 Å². The Kier molecular flexibility index (Phi) is 6.64. The Morgan fingerprint density at radius 2 is 1.59 bits per heavy atom. The minimum Gasteiger partial charge on any atom is -0.348 e. The molecule has 27 heavy (non-hydrogen) atoms. The van der Waals surface area contributed by atoms with E-state index in [4.69, 9.17) is 0 Å². The molecule has 2 aromatic rings. The number of amides is 1. The molecule has 0 bridgehead atoms. The van der Waals surface area contributed by atoms with Crippen LogP contribution in [0, 0.1) is 13.8 Å². The van der Waals surface area contributed by atoms with Crippen LogP contribution in [0.2, 0.25) is 0 Å². The molecule has 4 heteroatoms. The molecule has 0 atom stereocenters. The number of carbonyl (C=O) groups excluding carboxylic acids is 1. The molecule has 0 radical (unpaired) electrons. The monoisotopic (exact) mass is 365 g/mol. The first-order valence-corrected chi connectivity index (χ1v) is 9.85. The maximum atomic E-state index is 12.4. The highest BCUT2D eigenvalue weighted by Crippen LogP contribution is 2.12. The zero-order valence-corrected chi connectivity index (χ0v) is 16.8. The van der Waals surface area contributed by atoms with Crippen molar-refractivity contribution in [1.29, 1.82) is 0 Å². The van der Waals surface area contributed by atoms with Crippen LogP contribution < -0.4 is 5.32 Å². The van der Waals surface area contributed by atoms with Gasteiger partial charge in [-0.2, -0.15) is 0 Å². The number of nitrogens with one attached hydrogen (secondary N) is 1. The van der Waals surface area contributed by atoms with Gasteiger partial charge in [-0.25, -0.2) is 0 Å². The van der Waals surface area contributed by atoms with Crippen LogP contribution in [-0.2, 0) is 13.1 Å². The topological polar surface area (TPSA) is 35.6 Å². The van der Waals surface area contributed by atoms with E-state index in [1.807, 2.05) is 26.0 Å². The normalized spacial score (nSPS) is 16.1. The third-order valence-corrected chi connectivity index (χ3v) is 5.18. The standard InChI is InChI=1S/C23H31N3O/c1-18-13-19(2)15-22(14-18)23(27)24-16-20-5-7-21(8-6-20)17-26-10-4-9-25(3)11-12-26/h5-8,13-15H,4,9-12,16-17H2,1-3H3,(H,24,27). The number of likely N-dealkylation sites (N-methyl/N-ethyl adjacent to an activating group) is 1. The third-order valence-electron chi connectivity index (χ3n) is 5.18. The minimum atomic E-state index is -0.0143. The summed E-state index contributed by atoms with van der Waals surface area (Å²) in [7, 11) is 2.20. The first kappa shape index (κ1) is 19.6. The van der Waals surface area contributed by atoms with E-state index in [0.717, 1.165) is 48.4 Å². The molecule has 1 heterocycles. The molecular formula is C23H31N3O. The summed E-state index contributed by atoms with van der Waals surface area (Å²) in [6, 6.07) is 14.6. The van der Waals surface area contributed by atoms with Gasteiger partial charge in [0.2, 0.25) is 0 Å². The SMILES string of the molecule is Cc1cc(C)cc(C(=O)NCc2ccc(CN3CCCN(C)CC3)cc2)c1. The lowest BCUT2D eigenvalue weighted by Gasteiger charge is -2.20.